The van der Waals surface area contributed by atoms with Gasteiger partial charge in [0, 0.05) is 11.1 Å². The SMILES string of the molecule is CCCCCCCOc1ccc(C(=O)Cl)cc1.CCCCCCOc1ccc(C(=O)Cl)cc1. The smallest absolute Gasteiger partial charge is 0.252 e. The Hall–Kier alpha value is -2.04. The average Bonchev–Trinajstić information content (AvgIpc) is 2.82. The number of benzene rings is 2. The van der Waals surface area contributed by atoms with Crippen molar-refractivity contribution in [3.63, 3.8) is 0 Å². The van der Waals surface area contributed by atoms with Gasteiger partial charge >= 0.3 is 0 Å². The van der Waals surface area contributed by atoms with Crippen LogP contribution in [0.15, 0.2) is 48.5 Å². The van der Waals surface area contributed by atoms with Crippen molar-refractivity contribution in [1.29, 1.82) is 0 Å². The summed E-state index contributed by atoms with van der Waals surface area (Å²) in [4.78, 5) is 21.7. The van der Waals surface area contributed by atoms with E-state index in [1.807, 2.05) is 0 Å². The molecule has 2 aromatic rings. The van der Waals surface area contributed by atoms with Gasteiger partial charge in [0.2, 0.25) is 0 Å². The Morgan fingerprint density at radius 3 is 1.24 bits per heavy atom. The summed E-state index contributed by atoms with van der Waals surface area (Å²) < 4.78 is 11.1. The molecule has 2 aromatic carbocycles. The molecule has 0 spiro atoms. The predicted molar refractivity (Wildman–Crippen MR) is 137 cm³/mol. The first-order chi connectivity index (χ1) is 16.0. The molecule has 0 aliphatic carbocycles. The highest BCUT2D eigenvalue weighted by atomic mass is 35.5. The average molecular weight is 495 g/mol. The third-order valence-corrected chi connectivity index (χ3v) is 5.38. The summed E-state index contributed by atoms with van der Waals surface area (Å²) in [6.45, 7) is 5.85. The summed E-state index contributed by atoms with van der Waals surface area (Å²) in [7, 11) is 0. The quantitative estimate of drug-likeness (QED) is 0.184. The van der Waals surface area contributed by atoms with Crippen LogP contribution in [0.25, 0.3) is 0 Å². The normalized spacial score (nSPS) is 10.2. The van der Waals surface area contributed by atoms with E-state index >= 15 is 0 Å². The van der Waals surface area contributed by atoms with Crippen LogP contribution in [0, 0.1) is 0 Å². The Balaban J connectivity index is 0.000000331. The highest BCUT2D eigenvalue weighted by Crippen LogP contribution is 2.15. The fraction of sp³-hybridized carbons (Fsp3) is 0.481. The molecule has 0 atom stereocenters. The van der Waals surface area contributed by atoms with Gasteiger partial charge in [-0.15, -0.1) is 0 Å². The molecule has 0 radical (unpaired) electrons. The highest BCUT2D eigenvalue weighted by Gasteiger charge is 2.02. The van der Waals surface area contributed by atoms with E-state index in [0.717, 1.165) is 37.6 Å². The van der Waals surface area contributed by atoms with Crippen molar-refractivity contribution in [3.8, 4) is 11.5 Å². The molecular formula is C27H36Cl2O4. The van der Waals surface area contributed by atoms with Gasteiger partial charge in [-0.05, 0) is 84.6 Å². The van der Waals surface area contributed by atoms with Crippen molar-refractivity contribution in [2.45, 2.75) is 71.6 Å². The molecule has 0 saturated heterocycles. The highest BCUT2D eigenvalue weighted by molar-refractivity contribution is 6.68. The number of unbranched alkanes of at least 4 members (excludes halogenated alkanes) is 7. The first kappa shape index (κ1) is 29.0. The number of ether oxygens (including phenoxy) is 2. The maximum atomic E-state index is 10.8. The number of rotatable bonds is 15. The fourth-order valence-electron chi connectivity index (χ4n) is 2.98. The van der Waals surface area contributed by atoms with Crippen molar-refractivity contribution in [3.05, 3.63) is 59.7 Å². The van der Waals surface area contributed by atoms with Crippen LogP contribution in [0.3, 0.4) is 0 Å². The lowest BCUT2D eigenvalue weighted by Gasteiger charge is -2.06. The fourth-order valence-corrected chi connectivity index (χ4v) is 3.23. The van der Waals surface area contributed by atoms with Gasteiger partial charge in [0.1, 0.15) is 11.5 Å². The summed E-state index contributed by atoms with van der Waals surface area (Å²) in [6.07, 6.45) is 10.9. The molecule has 0 amide bonds. The molecule has 4 nitrogen and oxygen atoms in total. The second-order valence-corrected chi connectivity index (χ2v) is 8.45. The van der Waals surface area contributed by atoms with E-state index in [9.17, 15) is 9.59 Å². The van der Waals surface area contributed by atoms with Crippen molar-refractivity contribution in [2.24, 2.45) is 0 Å². The summed E-state index contributed by atoms with van der Waals surface area (Å²) in [5.74, 6) is 1.58. The van der Waals surface area contributed by atoms with E-state index in [2.05, 4.69) is 13.8 Å². The zero-order valence-electron chi connectivity index (χ0n) is 19.8. The van der Waals surface area contributed by atoms with Crippen LogP contribution in [0.2, 0.25) is 0 Å². The Morgan fingerprint density at radius 2 is 0.909 bits per heavy atom. The third kappa shape index (κ3) is 14.0. The molecular weight excluding hydrogens is 459 g/mol. The van der Waals surface area contributed by atoms with Gasteiger partial charge in [-0.25, -0.2) is 0 Å². The summed E-state index contributed by atoms with van der Waals surface area (Å²) >= 11 is 10.7. The van der Waals surface area contributed by atoms with Crippen molar-refractivity contribution >= 4 is 33.7 Å². The van der Waals surface area contributed by atoms with Crippen LogP contribution < -0.4 is 9.47 Å². The first-order valence-electron chi connectivity index (χ1n) is 11.8. The first-order valence-corrected chi connectivity index (χ1v) is 12.6. The number of halogens is 2. The van der Waals surface area contributed by atoms with E-state index in [0.29, 0.717) is 11.1 Å². The predicted octanol–water partition coefficient (Wildman–Crippen LogP) is 8.44. The lowest BCUT2D eigenvalue weighted by Crippen LogP contribution is -1.97. The van der Waals surface area contributed by atoms with Crippen LogP contribution in [-0.2, 0) is 0 Å². The van der Waals surface area contributed by atoms with E-state index in [4.69, 9.17) is 32.7 Å². The molecule has 0 aliphatic rings. The number of hydrogen-bond donors (Lipinski definition) is 0. The largest absolute Gasteiger partial charge is 0.494 e. The molecule has 0 N–H and O–H groups in total. The number of hydrogen-bond acceptors (Lipinski definition) is 4. The molecule has 0 aliphatic heterocycles. The summed E-state index contributed by atoms with van der Waals surface area (Å²) in [5.41, 5.74) is 1.00. The van der Waals surface area contributed by atoms with Crippen molar-refractivity contribution in [2.75, 3.05) is 13.2 Å². The van der Waals surface area contributed by atoms with Gasteiger partial charge < -0.3 is 9.47 Å². The Labute approximate surface area is 208 Å². The van der Waals surface area contributed by atoms with Crippen LogP contribution in [0.1, 0.15) is 92.4 Å². The monoisotopic (exact) mass is 494 g/mol. The van der Waals surface area contributed by atoms with Crippen LogP contribution in [0.5, 0.6) is 11.5 Å². The maximum absolute atomic E-state index is 10.8. The van der Waals surface area contributed by atoms with Gasteiger partial charge in [-0.2, -0.15) is 0 Å². The molecule has 0 unspecified atom stereocenters. The molecule has 2 rings (SSSR count). The Morgan fingerprint density at radius 1 is 0.576 bits per heavy atom. The van der Waals surface area contributed by atoms with Crippen LogP contribution in [-0.4, -0.2) is 23.7 Å². The minimum absolute atomic E-state index is 0.434. The Kier molecular flexibility index (Phi) is 16.2. The third-order valence-electron chi connectivity index (χ3n) is 4.95. The topological polar surface area (TPSA) is 52.6 Å². The zero-order valence-corrected chi connectivity index (χ0v) is 21.3. The molecule has 33 heavy (non-hydrogen) atoms. The maximum Gasteiger partial charge on any atom is 0.252 e. The zero-order chi connectivity index (χ0) is 24.3. The molecule has 0 fully saturated rings. The molecule has 0 aromatic heterocycles. The standard InChI is InChI=1S/C14H19ClO2.C13H17ClO2/c1-2-3-4-5-6-11-17-13-9-7-12(8-10-13)14(15)16;1-2-3-4-5-10-16-12-8-6-11(7-9-12)13(14)15/h7-10H,2-6,11H2,1H3;6-9H,2-5,10H2,1H3. The summed E-state index contributed by atoms with van der Waals surface area (Å²) in [5, 5.41) is -0.870. The van der Waals surface area contributed by atoms with Gasteiger partial charge in [0.15, 0.2) is 0 Å². The van der Waals surface area contributed by atoms with E-state index in [1.165, 1.54) is 44.9 Å². The minimum Gasteiger partial charge on any atom is -0.494 e. The molecule has 0 heterocycles. The van der Waals surface area contributed by atoms with Crippen LogP contribution >= 0.6 is 23.2 Å². The van der Waals surface area contributed by atoms with Crippen molar-refractivity contribution in [1.82, 2.24) is 0 Å². The molecule has 0 bridgehead atoms. The van der Waals surface area contributed by atoms with E-state index < -0.39 is 10.5 Å². The van der Waals surface area contributed by atoms with Crippen molar-refractivity contribution < 1.29 is 19.1 Å². The molecule has 0 saturated carbocycles. The second-order valence-electron chi connectivity index (χ2n) is 7.77. The lowest BCUT2D eigenvalue weighted by molar-refractivity contribution is 0.107. The number of carbonyl (C=O) groups is 2. The minimum atomic E-state index is -0.436. The van der Waals surface area contributed by atoms with Crippen LogP contribution in [0.4, 0.5) is 0 Å². The van der Waals surface area contributed by atoms with Gasteiger partial charge in [-0.3, -0.25) is 9.59 Å². The van der Waals surface area contributed by atoms with E-state index in [-0.39, 0.29) is 0 Å². The Bertz CT molecular complexity index is 789. The summed E-state index contributed by atoms with van der Waals surface area (Å²) in [6, 6.07) is 13.8. The molecule has 6 heteroatoms. The van der Waals surface area contributed by atoms with Gasteiger partial charge in [0.25, 0.3) is 10.5 Å². The number of carbonyl (C=O) groups excluding carboxylic acids is 2. The van der Waals surface area contributed by atoms with Gasteiger partial charge in [-0.1, -0.05) is 58.8 Å². The van der Waals surface area contributed by atoms with Gasteiger partial charge in [0.05, 0.1) is 13.2 Å². The lowest BCUT2D eigenvalue weighted by atomic mass is 10.2. The molecule has 182 valence electrons. The van der Waals surface area contributed by atoms with E-state index in [1.54, 1.807) is 48.5 Å². The second kappa shape index (κ2) is 18.4.